The number of benzene rings is 2. The molecule has 22 heavy (non-hydrogen) atoms. The first-order valence-electron chi connectivity index (χ1n) is 7.24. The number of aryl methyl sites for hydroxylation is 1. The lowest BCUT2D eigenvalue weighted by molar-refractivity contribution is 0.341. The van der Waals surface area contributed by atoms with Gasteiger partial charge in [-0.2, -0.15) is 0 Å². The Labute approximate surface area is 129 Å². The van der Waals surface area contributed by atoms with Gasteiger partial charge in [0.05, 0.1) is 17.7 Å². The van der Waals surface area contributed by atoms with Crippen molar-refractivity contribution in [2.75, 3.05) is 6.61 Å². The molecule has 0 aliphatic carbocycles. The van der Waals surface area contributed by atoms with Gasteiger partial charge < -0.3 is 14.4 Å². The summed E-state index contributed by atoms with van der Waals surface area (Å²) < 4.78 is 7.32. The molecule has 0 bridgehead atoms. The highest BCUT2D eigenvalue weighted by molar-refractivity contribution is 6.03. The van der Waals surface area contributed by atoms with Gasteiger partial charge in [-0.3, -0.25) is 4.99 Å². The molecule has 0 saturated heterocycles. The van der Waals surface area contributed by atoms with Crippen LogP contribution in [0.4, 0.5) is 5.69 Å². The normalized spacial score (nSPS) is 11.4. The lowest BCUT2D eigenvalue weighted by atomic mass is 10.2. The predicted molar refractivity (Wildman–Crippen MR) is 89.4 cm³/mol. The molecule has 0 fully saturated rings. The average molecular weight is 294 g/mol. The Morgan fingerprint density at radius 3 is 2.68 bits per heavy atom. The number of hydrogen-bond donors (Lipinski definition) is 1. The fourth-order valence-electron chi connectivity index (χ4n) is 2.51. The fourth-order valence-corrected chi connectivity index (χ4v) is 2.51. The third-order valence-corrected chi connectivity index (χ3v) is 3.61. The lowest BCUT2D eigenvalue weighted by Crippen LogP contribution is -1.91. The van der Waals surface area contributed by atoms with Crippen molar-refractivity contribution >= 4 is 22.8 Å². The van der Waals surface area contributed by atoms with Gasteiger partial charge in [-0.15, -0.1) is 0 Å². The number of rotatable bonds is 4. The topological polar surface area (TPSA) is 46.8 Å². The summed E-state index contributed by atoms with van der Waals surface area (Å²) >= 11 is 0. The standard InChI is InChI=1S/C18H18N2O2/c1-3-22-17-11-7-5-9-15(17)19-12-14-13-8-4-6-10-16(13)20(2)18(14)21/h4-12,21H,3H2,1-2H3. The van der Waals surface area contributed by atoms with Crippen LogP contribution in [0.5, 0.6) is 11.6 Å². The molecule has 112 valence electrons. The molecule has 4 heteroatoms. The molecule has 0 unspecified atom stereocenters. The van der Waals surface area contributed by atoms with Crippen LogP contribution in [0.2, 0.25) is 0 Å². The Bertz CT molecular complexity index is 834. The van der Waals surface area contributed by atoms with E-state index >= 15 is 0 Å². The summed E-state index contributed by atoms with van der Waals surface area (Å²) in [7, 11) is 1.84. The van der Waals surface area contributed by atoms with Crippen LogP contribution in [0.15, 0.2) is 53.5 Å². The minimum atomic E-state index is 0.207. The van der Waals surface area contributed by atoms with Gasteiger partial charge >= 0.3 is 0 Å². The first-order chi connectivity index (χ1) is 10.7. The summed E-state index contributed by atoms with van der Waals surface area (Å²) in [6.07, 6.45) is 1.69. The molecule has 3 aromatic rings. The molecular weight excluding hydrogens is 276 g/mol. The van der Waals surface area contributed by atoms with Crippen LogP contribution in [-0.2, 0) is 7.05 Å². The number of ether oxygens (including phenoxy) is 1. The van der Waals surface area contributed by atoms with E-state index < -0.39 is 0 Å². The molecule has 0 aliphatic rings. The molecule has 0 aliphatic heterocycles. The van der Waals surface area contributed by atoms with E-state index in [-0.39, 0.29) is 5.88 Å². The van der Waals surface area contributed by atoms with Crippen molar-refractivity contribution in [1.29, 1.82) is 0 Å². The third-order valence-electron chi connectivity index (χ3n) is 3.61. The number of hydrogen-bond acceptors (Lipinski definition) is 3. The first kappa shape index (κ1) is 14.2. The van der Waals surface area contributed by atoms with E-state index in [0.717, 1.165) is 22.3 Å². The molecule has 0 atom stereocenters. The van der Waals surface area contributed by atoms with E-state index in [1.807, 2.05) is 62.5 Å². The van der Waals surface area contributed by atoms with Crippen LogP contribution >= 0.6 is 0 Å². The van der Waals surface area contributed by atoms with Crippen molar-refractivity contribution in [2.45, 2.75) is 6.92 Å². The minimum Gasteiger partial charge on any atom is -0.494 e. The van der Waals surface area contributed by atoms with Gasteiger partial charge in [0, 0.05) is 18.6 Å². The van der Waals surface area contributed by atoms with Crippen molar-refractivity contribution in [3.63, 3.8) is 0 Å². The minimum absolute atomic E-state index is 0.207. The van der Waals surface area contributed by atoms with Gasteiger partial charge in [0.1, 0.15) is 11.4 Å². The van der Waals surface area contributed by atoms with Crippen LogP contribution in [-0.4, -0.2) is 22.5 Å². The maximum Gasteiger partial charge on any atom is 0.200 e. The molecule has 1 N–H and O–H groups in total. The predicted octanol–water partition coefficient (Wildman–Crippen LogP) is 4.03. The summed E-state index contributed by atoms with van der Waals surface area (Å²) in [4.78, 5) is 4.50. The first-order valence-corrected chi connectivity index (χ1v) is 7.24. The number of nitrogens with zero attached hydrogens (tertiary/aromatic N) is 2. The van der Waals surface area contributed by atoms with Gasteiger partial charge in [0.2, 0.25) is 5.88 Å². The highest BCUT2D eigenvalue weighted by Crippen LogP contribution is 2.31. The number of para-hydroxylation sites is 3. The Morgan fingerprint density at radius 2 is 1.86 bits per heavy atom. The van der Waals surface area contributed by atoms with Crippen LogP contribution in [0, 0.1) is 0 Å². The second-order valence-electron chi connectivity index (χ2n) is 4.97. The highest BCUT2D eigenvalue weighted by Gasteiger charge is 2.12. The number of aliphatic imine (C=N–C) groups is 1. The van der Waals surface area contributed by atoms with Crippen LogP contribution in [0.25, 0.3) is 10.9 Å². The number of aromatic nitrogens is 1. The van der Waals surface area contributed by atoms with Gasteiger partial charge in [-0.05, 0) is 25.1 Å². The summed E-state index contributed by atoms with van der Waals surface area (Å²) in [5.74, 6) is 0.944. The fraction of sp³-hybridized carbons (Fsp3) is 0.167. The highest BCUT2D eigenvalue weighted by atomic mass is 16.5. The molecule has 0 spiro atoms. The molecule has 0 amide bonds. The zero-order chi connectivity index (χ0) is 15.5. The number of fused-ring (bicyclic) bond motifs is 1. The average Bonchev–Trinajstić information content (AvgIpc) is 2.79. The summed E-state index contributed by atoms with van der Waals surface area (Å²) in [6.45, 7) is 2.53. The second kappa shape index (κ2) is 5.93. The van der Waals surface area contributed by atoms with Crippen LogP contribution < -0.4 is 4.74 Å². The molecule has 1 heterocycles. The maximum absolute atomic E-state index is 10.3. The summed E-state index contributed by atoms with van der Waals surface area (Å²) in [5, 5.41) is 11.3. The van der Waals surface area contributed by atoms with Gasteiger partial charge in [0.25, 0.3) is 0 Å². The zero-order valence-corrected chi connectivity index (χ0v) is 12.7. The van der Waals surface area contributed by atoms with Crippen molar-refractivity contribution in [3.05, 3.63) is 54.1 Å². The third kappa shape index (κ3) is 2.44. The maximum atomic E-state index is 10.3. The van der Waals surface area contributed by atoms with Gasteiger partial charge in [-0.1, -0.05) is 30.3 Å². The van der Waals surface area contributed by atoms with Crippen molar-refractivity contribution in [3.8, 4) is 11.6 Å². The Kier molecular flexibility index (Phi) is 3.83. The second-order valence-corrected chi connectivity index (χ2v) is 4.97. The SMILES string of the molecule is CCOc1ccccc1N=Cc1c(O)n(C)c2ccccc12. The molecule has 4 nitrogen and oxygen atoms in total. The molecule has 2 aromatic carbocycles. The van der Waals surface area contributed by atoms with Crippen LogP contribution in [0.3, 0.4) is 0 Å². The lowest BCUT2D eigenvalue weighted by Gasteiger charge is -2.05. The van der Waals surface area contributed by atoms with Crippen LogP contribution in [0.1, 0.15) is 12.5 Å². The molecular formula is C18H18N2O2. The van der Waals surface area contributed by atoms with E-state index in [0.29, 0.717) is 12.2 Å². The van der Waals surface area contributed by atoms with Crippen molar-refractivity contribution in [2.24, 2.45) is 12.0 Å². The van der Waals surface area contributed by atoms with E-state index in [1.54, 1.807) is 10.8 Å². The van der Waals surface area contributed by atoms with Gasteiger partial charge in [-0.25, -0.2) is 0 Å². The summed E-state index contributed by atoms with van der Waals surface area (Å²) in [5.41, 5.74) is 2.43. The molecule has 0 saturated carbocycles. The quantitative estimate of drug-likeness (QED) is 0.738. The number of aromatic hydroxyl groups is 1. The van der Waals surface area contributed by atoms with E-state index in [2.05, 4.69) is 4.99 Å². The summed E-state index contributed by atoms with van der Waals surface area (Å²) in [6, 6.07) is 15.5. The van der Waals surface area contributed by atoms with E-state index in [4.69, 9.17) is 4.74 Å². The zero-order valence-electron chi connectivity index (χ0n) is 12.7. The molecule has 3 rings (SSSR count). The Hall–Kier alpha value is -2.75. The molecule has 1 aromatic heterocycles. The largest absolute Gasteiger partial charge is 0.494 e. The van der Waals surface area contributed by atoms with Crippen molar-refractivity contribution < 1.29 is 9.84 Å². The Balaban J connectivity index is 2.05. The van der Waals surface area contributed by atoms with E-state index in [1.165, 1.54) is 0 Å². The van der Waals surface area contributed by atoms with Gasteiger partial charge in [0.15, 0.2) is 0 Å². The Morgan fingerprint density at radius 1 is 1.14 bits per heavy atom. The van der Waals surface area contributed by atoms with Crippen molar-refractivity contribution in [1.82, 2.24) is 4.57 Å². The monoisotopic (exact) mass is 294 g/mol. The van der Waals surface area contributed by atoms with E-state index in [9.17, 15) is 5.11 Å². The smallest absolute Gasteiger partial charge is 0.200 e. The molecule has 0 radical (unpaired) electrons.